The number of phenols is 1. The molecule has 3 aliphatic heterocycles. The van der Waals surface area contributed by atoms with E-state index in [0.717, 1.165) is 6.92 Å². The minimum absolute atomic E-state index is 0.0229. The quantitative estimate of drug-likeness (QED) is 0.260. The van der Waals surface area contributed by atoms with Crippen molar-refractivity contribution in [1.82, 2.24) is 0 Å². The van der Waals surface area contributed by atoms with Crippen LogP contribution in [0.2, 0.25) is 0 Å². The van der Waals surface area contributed by atoms with Crippen LogP contribution in [0.25, 0.3) is 0 Å². The second-order valence-electron chi connectivity index (χ2n) is 8.77. The number of cyclic esters (lactones) is 1. The summed E-state index contributed by atoms with van der Waals surface area (Å²) in [5, 5.41) is 30.2. The molecule has 2 fully saturated rings. The molecule has 0 radical (unpaired) electrons. The van der Waals surface area contributed by atoms with E-state index in [1.165, 1.54) is 30.5 Å². The zero-order chi connectivity index (χ0) is 26.7. The largest absolute Gasteiger partial charge is 0.508 e. The summed E-state index contributed by atoms with van der Waals surface area (Å²) in [5.74, 6) is -3.26. The number of rotatable bonds is 7. The van der Waals surface area contributed by atoms with Crippen molar-refractivity contribution >= 4 is 17.9 Å². The van der Waals surface area contributed by atoms with Gasteiger partial charge in [0.25, 0.3) is 0 Å². The number of aromatic hydroxyl groups is 1. The second-order valence-corrected chi connectivity index (χ2v) is 8.77. The predicted octanol–water partition coefficient (Wildman–Crippen LogP) is 0.549. The van der Waals surface area contributed by atoms with Gasteiger partial charge in [-0.25, -0.2) is 9.59 Å². The molecule has 1 aromatic carbocycles. The van der Waals surface area contributed by atoms with Gasteiger partial charge in [-0.1, -0.05) is 12.1 Å². The third-order valence-electron chi connectivity index (χ3n) is 6.37. The van der Waals surface area contributed by atoms with Gasteiger partial charge in [0.05, 0.1) is 30.6 Å². The number of fused-ring (bicyclic) bond motifs is 1. The van der Waals surface area contributed by atoms with E-state index in [-0.39, 0.29) is 23.8 Å². The van der Waals surface area contributed by atoms with E-state index in [1.54, 1.807) is 6.08 Å². The van der Waals surface area contributed by atoms with Crippen molar-refractivity contribution in [3.8, 4) is 5.75 Å². The first kappa shape index (κ1) is 26.6. The molecule has 4 rings (SSSR count). The summed E-state index contributed by atoms with van der Waals surface area (Å²) in [6, 6.07) is 5.35. The zero-order valence-electron chi connectivity index (χ0n) is 19.9. The highest BCUT2D eigenvalue weighted by atomic mass is 16.8. The van der Waals surface area contributed by atoms with E-state index in [4.69, 9.17) is 28.4 Å². The number of hydrogen-bond acceptors (Lipinski definition) is 12. The smallest absolute Gasteiger partial charge is 0.338 e. The Balaban J connectivity index is 1.64. The molecule has 0 unspecified atom stereocenters. The van der Waals surface area contributed by atoms with Crippen molar-refractivity contribution in [2.45, 2.75) is 50.3 Å². The van der Waals surface area contributed by atoms with Crippen molar-refractivity contribution < 1.29 is 58.1 Å². The zero-order valence-corrected chi connectivity index (χ0v) is 19.9. The fourth-order valence-corrected chi connectivity index (χ4v) is 4.58. The summed E-state index contributed by atoms with van der Waals surface area (Å²) in [4.78, 5) is 36.9. The first-order valence-electron chi connectivity index (χ1n) is 11.7. The number of carbonyl (C=O) groups is 3. The number of benzene rings is 1. The minimum atomic E-state index is -1.57. The van der Waals surface area contributed by atoms with Crippen LogP contribution >= 0.6 is 0 Å². The summed E-state index contributed by atoms with van der Waals surface area (Å²) in [6.45, 7) is 4.46. The fourth-order valence-electron chi connectivity index (χ4n) is 4.58. The number of aliphatic hydroxyl groups is 2. The Kier molecular flexibility index (Phi) is 8.13. The molecule has 3 aliphatic rings. The predicted molar refractivity (Wildman–Crippen MR) is 121 cm³/mol. The molecule has 12 heteroatoms. The first-order chi connectivity index (χ1) is 17.7. The highest BCUT2D eigenvalue weighted by Crippen LogP contribution is 2.39. The minimum Gasteiger partial charge on any atom is -0.508 e. The van der Waals surface area contributed by atoms with Gasteiger partial charge in [-0.05, 0) is 24.6 Å². The van der Waals surface area contributed by atoms with Crippen LogP contribution in [0.1, 0.15) is 23.7 Å². The lowest BCUT2D eigenvalue weighted by molar-refractivity contribution is -0.339. The standard InChI is InChI=1S/C25H28O12/c1-3-15-16-7-8-32-23(31)17(16)11-33-24(15)37-25-21(36-22(30)13-5-4-6-14(28)9-13)20(34-12(2)27)19(29)18(10-26)35-25/h3-6,9,11,15-16,18-21,24-26,28-29H,1,7-8,10H2,2H3/t15-,16+,18+,19+,20+,21-,24+,25+/m1/s1. The molecule has 0 spiro atoms. The van der Waals surface area contributed by atoms with Gasteiger partial charge in [0.1, 0.15) is 18.0 Å². The number of carbonyl (C=O) groups excluding carboxylic acids is 3. The van der Waals surface area contributed by atoms with Gasteiger partial charge in [-0.15, -0.1) is 6.58 Å². The Morgan fingerprint density at radius 1 is 1.22 bits per heavy atom. The molecule has 12 nitrogen and oxygen atoms in total. The van der Waals surface area contributed by atoms with E-state index in [1.807, 2.05) is 0 Å². The lowest BCUT2D eigenvalue weighted by Crippen LogP contribution is -2.62. The maximum atomic E-state index is 12.9. The van der Waals surface area contributed by atoms with Crippen molar-refractivity contribution in [3.05, 3.63) is 54.3 Å². The molecule has 3 N–H and O–H groups in total. The third-order valence-corrected chi connectivity index (χ3v) is 6.37. The van der Waals surface area contributed by atoms with Crippen LogP contribution < -0.4 is 0 Å². The molecule has 0 bridgehead atoms. The molecule has 3 heterocycles. The van der Waals surface area contributed by atoms with E-state index < -0.39 is 67.4 Å². The molecular weight excluding hydrogens is 492 g/mol. The van der Waals surface area contributed by atoms with Gasteiger partial charge in [-0.3, -0.25) is 4.79 Å². The monoisotopic (exact) mass is 520 g/mol. The van der Waals surface area contributed by atoms with Crippen LogP contribution in [-0.2, 0) is 38.0 Å². The maximum Gasteiger partial charge on any atom is 0.338 e. The lowest BCUT2D eigenvalue weighted by atomic mass is 9.81. The molecule has 0 saturated carbocycles. The van der Waals surface area contributed by atoms with Crippen molar-refractivity contribution in [2.24, 2.45) is 11.8 Å². The molecule has 200 valence electrons. The van der Waals surface area contributed by atoms with Crippen molar-refractivity contribution in [3.63, 3.8) is 0 Å². The molecule has 0 aromatic heterocycles. The van der Waals surface area contributed by atoms with Gasteiger partial charge in [0, 0.05) is 18.8 Å². The summed E-state index contributed by atoms with van der Waals surface area (Å²) < 4.78 is 33.3. The average molecular weight is 520 g/mol. The van der Waals surface area contributed by atoms with Gasteiger partial charge < -0.3 is 43.7 Å². The van der Waals surface area contributed by atoms with E-state index in [0.29, 0.717) is 12.0 Å². The number of aliphatic hydroxyl groups excluding tert-OH is 2. The Morgan fingerprint density at radius 3 is 2.68 bits per heavy atom. The topological polar surface area (TPSA) is 167 Å². The van der Waals surface area contributed by atoms with Gasteiger partial charge in [0.15, 0.2) is 12.2 Å². The molecular formula is C25H28O12. The van der Waals surface area contributed by atoms with Crippen LogP contribution in [0.5, 0.6) is 5.75 Å². The van der Waals surface area contributed by atoms with Crippen molar-refractivity contribution in [2.75, 3.05) is 13.2 Å². The number of phenolic OH excluding ortho intramolecular Hbond substituents is 1. The molecule has 0 aliphatic carbocycles. The maximum absolute atomic E-state index is 12.9. The Bertz CT molecular complexity index is 1070. The van der Waals surface area contributed by atoms with Crippen LogP contribution in [0.4, 0.5) is 0 Å². The Morgan fingerprint density at radius 2 is 2.00 bits per heavy atom. The normalized spacial score (nSPS) is 33.2. The SMILES string of the molecule is C=C[C@H]1[C@H](O[C@@H]2O[C@@H](CO)[C@H](O)[C@H](OC(C)=O)[C@H]2OC(=O)c2cccc(O)c2)OC=C2C(=O)OCC[C@H]21. The summed E-state index contributed by atoms with van der Waals surface area (Å²) in [7, 11) is 0. The van der Waals surface area contributed by atoms with Crippen LogP contribution in [0, 0.1) is 11.8 Å². The van der Waals surface area contributed by atoms with E-state index in [9.17, 15) is 29.7 Å². The number of hydrogen-bond donors (Lipinski definition) is 3. The fraction of sp³-hybridized carbons (Fsp3) is 0.480. The van der Waals surface area contributed by atoms with Gasteiger partial charge in [-0.2, -0.15) is 0 Å². The average Bonchev–Trinajstić information content (AvgIpc) is 2.87. The molecule has 0 amide bonds. The van der Waals surface area contributed by atoms with E-state index in [2.05, 4.69) is 6.58 Å². The summed E-state index contributed by atoms with van der Waals surface area (Å²) in [5.41, 5.74) is 0.305. The Labute approximate surface area is 212 Å². The highest BCUT2D eigenvalue weighted by Gasteiger charge is 2.52. The summed E-state index contributed by atoms with van der Waals surface area (Å²) >= 11 is 0. The number of esters is 3. The van der Waals surface area contributed by atoms with Gasteiger partial charge in [0.2, 0.25) is 12.6 Å². The highest BCUT2D eigenvalue weighted by molar-refractivity contribution is 5.90. The van der Waals surface area contributed by atoms with Crippen LogP contribution in [-0.4, -0.2) is 83.4 Å². The molecule has 8 atom stereocenters. The van der Waals surface area contributed by atoms with E-state index >= 15 is 0 Å². The third kappa shape index (κ3) is 5.62. The summed E-state index contributed by atoms with van der Waals surface area (Å²) in [6.07, 6.45) is -5.09. The van der Waals surface area contributed by atoms with Gasteiger partial charge >= 0.3 is 17.9 Å². The van der Waals surface area contributed by atoms with Crippen molar-refractivity contribution in [1.29, 1.82) is 0 Å². The van der Waals surface area contributed by atoms with Crippen LogP contribution in [0.15, 0.2) is 48.8 Å². The van der Waals surface area contributed by atoms with Crippen LogP contribution in [0.3, 0.4) is 0 Å². The Hall–Kier alpha value is -3.45. The lowest BCUT2D eigenvalue weighted by Gasteiger charge is -2.45. The molecule has 2 saturated heterocycles. The molecule has 37 heavy (non-hydrogen) atoms. The number of ether oxygens (including phenoxy) is 6. The first-order valence-corrected chi connectivity index (χ1v) is 11.7. The second kappa shape index (κ2) is 11.3. The molecule has 1 aromatic rings.